The van der Waals surface area contributed by atoms with Gasteiger partial charge in [-0.15, -0.1) is 0 Å². The molecule has 0 radical (unpaired) electrons. The van der Waals surface area contributed by atoms with Gasteiger partial charge in [0.05, 0.1) is 10.9 Å². The van der Waals surface area contributed by atoms with Crippen molar-refractivity contribution in [1.82, 2.24) is 9.55 Å². The Balaban J connectivity index is 2.25. The lowest BCUT2D eigenvalue weighted by molar-refractivity contribution is 0.0943. The minimum absolute atomic E-state index is 0.00867. The molecule has 4 rings (SSSR count). The second kappa shape index (κ2) is 6.41. The Labute approximate surface area is 151 Å². The molecule has 134 valence electrons. The molecule has 0 unspecified atom stereocenters. The SMILES string of the molecule is CC(=O)n1c2oc(=O)ccc(=O)oc3cccc1c3c2Nc1ccncc1. The second-order valence-electron chi connectivity index (χ2n) is 5.72. The Bertz CT molecular complexity index is 1320. The predicted octanol–water partition coefficient (Wildman–Crippen LogP) is 3.06. The first-order valence-electron chi connectivity index (χ1n) is 8.01. The largest absolute Gasteiger partial charge is 0.423 e. The summed E-state index contributed by atoms with van der Waals surface area (Å²) in [6.07, 6.45) is 3.18. The van der Waals surface area contributed by atoms with E-state index in [2.05, 4.69) is 10.3 Å². The molecule has 0 fully saturated rings. The van der Waals surface area contributed by atoms with Crippen LogP contribution in [0.1, 0.15) is 11.7 Å². The van der Waals surface area contributed by atoms with Crippen LogP contribution in [0.25, 0.3) is 22.2 Å². The molecule has 0 atom stereocenters. The highest BCUT2D eigenvalue weighted by Gasteiger charge is 2.21. The van der Waals surface area contributed by atoms with E-state index in [0.29, 0.717) is 22.3 Å². The topological polar surface area (TPSA) is 107 Å². The van der Waals surface area contributed by atoms with Crippen LogP contribution in [0.5, 0.6) is 0 Å². The van der Waals surface area contributed by atoms with Crippen molar-refractivity contribution in [3.05, 3.63) is 75.7 Å². The van der Waals surface area contributed by atoms with Crippen LogP contribution in [0.4, 0.5) is 11.4 Å². The van der Waals surface area contributed by atoms with Gasteiger partial charge in [0.15, 0.2) is 0 Å². The van der Waals surface area contributed by atoms with Crippen LogP contribution in [0.3, 0.4) is 0 Å². The monoisotopic (exact) mass is 363 g/mol. The molecule has 2 bridgehead atoms. The number of nitrogens with zero attached hydrogens (tertiary/aromatic N) is 2. The van der Waals surface area contributed by atoms with E-state index in [1.54, 1.807) is 42.7 Å². The third kappa shape index (κ3) is 2.93. The third-order valence-corrected chi connectivity index (χ3v) is 3.94. The molecule has 3 heterocycles. The highest BCUT2D eigenvalue weighted by Crippen LogP contribution is 2.36. The van der Waals surface area contributed by atoms with Gasteiger partial charge in [-0.2, -0.15) is 0 Å². The van der Waals surface area contributed by atoms with Crippen molar-refractivity contribution >= 4 is 39.5 Å². The van der Waals surface area contributed by atoms with Gasteiger partial charge in [-0.3, -0.25) is 9.78 Å². The van der Waals surface area contributed by atoms with Crippen molar-refractivity contribution in [1.29, 1.82) is 0 Å². The van der Waals surface area contributed by atoms with Crippen molar-refractivity contribution in [3.63, 3.8) is 0 Å². The number of nitrogens with one attached hydrogen (secondary N) is 1. The van der Waals surface area contributed by atoms with Crippen LogP contribution in [0.15, 0.2) is 73.3 Å². The summed E-state index contributed by atoms with van der Waals surface area (Å²) in [5, 5.41) is 3.57. The lowest BCUT2D eigenvalue weighted by atomic mass is 10.2. The molecule has 0 aliphatic rings. The summed E-state index contributed by atoms with van der Waals surface area (Å²) < 4.78 is 12.0. The van der Waals surface area contributed by atoms with Gasteiger partial charge in [-0.1, -0.05) is 6.07 Å². The molecule has 0 amide bonds. The zero-order valence-corrected chi connectivity index (χ0v) is 14.1. The average molecular weight is 363 g/mol. The van der Waals surface area contributed by atoms with Gasteiger partial charge < -0.3 is 14.2 Å². The molecule has 1 aromatic carbocycles. The molecule has 1 N–H and O–H groups in total. The summed E-state index contributed by atoms with van der Waals surface area (Å²) >= 11 is 0. The number of carbonyl (C=O) groups is 1. The summed E-state index contributed by atoms with van der Waals surface area (Å²) in [5.41, 5.74) is 0.130. The minimum atomic E-state index is -0.807. The first kappa shape index (κ1) is 16.5. The van der Waals surface area contributed by atoms with E-state index in [1.165, 1.54) is 11.5 Å². The van der Waals surface area contributed by atoms with Gasteiger partial charge in [-0.05, 0) is 24.3 Å². The number of hydrogen-bond donors (Lipinski definition) is 1. The Morgan fingerprint density at radius 2 is 1.70 bits per heavy atom. The maximum Gasteiger partial charge on any atom is 0.337 e. The maximum absolute atomic E-state index is 12.3. The Morgan fingerprint density at radius 1 is 1.00 bits per heavy atom. The first-order chi connectivity index (χ1) is 13.0. The van der Waals surface area contributed by atoms with Crippen molar-refractivity contribution in [3.8, 4) is 0 Å². The van der Waals surface area contributed by atoms with Crippen molar-refractivity contribution in [2.75, 3.05) is 5.32 Å². The minimum Gasteiger partial charge on any atom is -0.423 e. The molecule has 0 aliphatic carbocycles. The smallest absolute Gasteiger partial charge is 0.337 e. The number of rotatable bonds is 2. The van der Waals surface area contributed by atoms with E-state index >= 15 is 0 Å². The first-order valence-corrected chi connectivity index (χ1v) is 8.01. The van der Waals surface area contributed by atoms with Crippen LogP contribution < -0.4 is 16.6 Å². The zero-order valence-electron chi connectivity index (χ0n) is 14.1. The predicted molar refractivity (Wildman–Crippen MR) is 99.2 cm³/mol. The van der Waals surface area contributed by atoms with Crippen LogP contribution in [0.2, 0.25) is 0 Å². The van der Waals surface area contributed by atoms with Crippen molar-refractivity contribution < 1.29 is 13.6 Å². The van der Waals surface area contributed by atoms with E-state index in [1.807, 2.05) is 0 Å². The van der Waals surface area contributed by atoms with Gasteiger partial charge in [0, 0.05) is 37.1 Å². The fourth-order valence-electron chi connectivity index (χ4n) is 2.88. The van der Waals surface area contributed by atoms with Crippen LogP contribution >= 0.6 is 0 Å². The van der Waals surface area contributed by atoms with Crippen LogP contribution in [-0.2, 0) is 0 Å². The van der Waals surface area contributed by atoms with E-state index in [9.17, 15) is 14.4 Å². The molecule has 0 saturated heterocycles. The number of benzene rings is 1. The molecule has 8 nitrogen and oxygen atoms in total. The standard InChI is InChI=1S/C19H13N3O5/c1-11(23)22-13-3-2-4-14-17(13)18(21-12-7-9-20-10-8-12)19(22)27-16(25)6-5-15(24)26-14/h2-10H,1H3,(H,20,21). The van der Waals surface area contributed by atoms with Crippen LogP contribution in [-0.4, -0.2) is 15.5 Å². The molecular weight excluding hydrogens is 350 g/mol. The quantitative estimate of drug-likeness (QED) is 0.583. The average Bonchev–Trinajstić information content (AvgIpc) is 2.94. The fourth-order valence-corrected chi connectivity index (χ4v) is 2.88. The number of hydrogen-bond acceptors (Lipinski definition) is 7. The molecule has 0 spiro atoms. The fraction of sp³-hybridized carbons (Fsp3) is 0.0526. The molecule has 0 saturated carbocycles. The van der Waals surface area contributed by atoms with E-state index in [-0.39, 0.29) is 17.2 Å². The summed E-state index contributed by atoms with van der Waals surface area (Å²) in [4.78, 5) is 40.3. The molecule has 8 heteroatoms. The summed E-state index contributed by atoms with van der Waals surface area (Å²) in [7, 11) is 0. The Kier molecular flexibility index (Phi) is 3.92. The third-order valence-electron chi connectivity index (χ3n) is 3.94. The van der Waals surface area contributed by atoms with Gasteiger partial charge >= 0.3 is 11.3 Å². The van der Waals surface area contributed by atoms with Gasteiger partial charge in [0.25, 0.3) is 0 Å². The maximum atomic E-state index is 12.3. The second-order valence-corrected chi connectivity index (χ2v) is 5.72. The molecular formula is C19H13N3O5. The highest BCUT2D eigenvalue weighted by molar-refractivity contribution is 6.14. The van der Waals surface area contributed by atoms with E-state index < -0.39 is 11.3 Å². The van der Waals surface area contributed by atoms with Crippen LogP contribution in [0, 0.1) is 0 Å². The number of aromatic nitrogens is 2. The summed E-state index contributed by atoms with van der Waals surface area (Å²) in [6.45, 7) is 1.35. The Hall–Kier alpha value is -3.94. The number of pyridine rings is 1. The molecule has 0 aliphatic heterocycles. The Morgan fingerprint density at radius 3 is 2.41 bits per heavy atom. The van der Waals surface area contributed by atoms with Gasteiger partial charge in [0.1, 0.15) is 11.3 Å². The lowest BCUT2D eigenvalue weighted by Gasteiger charge is -2.04. The normalized spacial score (nSPS) is 10.9. The summed E-state index contributed by atoms with van der Waals surface area (Å²) in [5.74, 6) is -0.364. The number of anilines is 2. The molecule has 27 heavy (non-hydrogen) atoms. The highest BCUT2D eigenvalue weighted by atomic mass is 16.4. The van der Waals surface area contributed by atoms with E-state index in [0.717, 1.165) is 12.1 Å². The molecule has 3 aromatic heterocycles. The van der Waals surface area contributed by atoms with Gasteiger partial charge in [0.2, 0.25) is 11.6 Å². The molecule has 4 aromatic rings. The van der Waals surface area contributed by atoms with E-state index in [4.69, 9.17) is 8.83 Å². The lowest BCUT2D eigenvalue weighted by Crippen LogP contribution is -2.06. The number of fused-ring (bicyclic) bond motifs is 1. The van der Waals surface area contributed by atoms with Gasteiger partial charge in [-0.25, -0.2) is 14.2 Å². The number of carbonyl (C=O) groups excluding carboxylic acids is 1. The van der Waals surface area contributed by atoms with Crippen molar-refractivity contribution in [2.45, 2.75) is 6.92 Å². The summed E-state index contributed by atoms with van der Waals surface area (Å²) in [6, 6.07) is 10.3. The zero-order chi connectivity index (χ0) is 19.0. The van der Waals surface area contributed by atoms with Crippen molar-refractivity contribution in [2.24, 2.45) is 0 Å².